The number of rotatable bonds is 7. The van der Waals surface area contributed by atoms with E-state index >= 15 is 0 Å². The fraction of sp³-hybridized carbons (Fsp3) is 0.462. The summed E-state index contributed by atoms with van der Waals surface area (Å²) in [5, 5.41) is 0. The highest BCUT2D eigenvalue weighted by atomic mass is 32.2. The Morgan fingerprint density at radius 3 is 2.54 bits per heavy atom. The second-order valence-corrected chi connectivity index (χ2v) is 12.7. The fourth-order valence-corrected chi connectivity index (χ4v) is 7.54. The first kappa shape index (κ1) is 25.6. The largest absolute Gasteiger partial charge is 0.497 e. The number of benzene rings is 1. The van der Waals surface area contributed by atoms with Gasteiger partial charge in [-0.1, -0.05) is 12.2 Å². The average Bonchev–Trinajstić information content (AvgIpc) is 3.48. The van der Waals surface area contributed by atoms with Crippen molar-refractivity contribution in [3.8, 4) is 11.5 Å². The van der Waals surface area contributed by atoms with E-state index in [1.807, 2.05) is 24.3 Å². The van der Waals surface area contributed by atoms with Crippen molar-refractivity contribution in [2.45, 2.75) is 42.0 Å². The molecule has 37 heavy (non-hydrogen) atoms. The number of hydrogen-bond acceptors (Lipinski definition) is 8. The molecule has 0 bridgehead atoms. The minimum absolute atomic E-state index is 0.0192. The van der Waals surface area contributed by atoms with Gasteiger partial charge in [0.2, 0.25) is 0 Å². The molecule has 198 valence electrons. The number of piperidine rings is 1. The van der Waals surface area contributed by atoms with Gasteiger partial charge < -0.3 is 24.0 Å². The predicted molar refractivity (Wildman–Crippen MR) is 139 cm³/mol. The molecule has 2 amide bonds. The maximum Gasteiger partial charge on any atom is 0.410 e. The Hall–Kier alpha value is -3.05. The Labute approximate surface area is 220 Å². The molecule has 1 atom stereocenters. The lowest BCUT2D eigenvalue weighted by Gasteiger charge is -2.35. The van der Waals surface area contributed by atoms with Crippen LogP contribution in [0.15, 0.2) is 34.6 Å². The van der Waals surface area contributed by atoms with Crippen molar-refractivity contribution in [1.29, 1.82) is 0 Å². The lowest BCUT2D eigenvalue weighted by atomic mass is 9.98. The number of allylic oxidation sites excluding steroid dienone is 1. The molecular weight excluding hydrogens is 516 g/mol. The second kappa shape index (κ2) is 10.4. The van der Waals surface area contributed by atoms with Crippen molar-refractivity contribution in [3.05, 3.63) is 46.3 Å². The number of thiophene rings is 1. The Kier molecular flexibility index (Phi) is 7.17. The molecule has 2 aromatic rings. The zero-order chi connectivity index (χ0) is 26.2. The van der Waals surface area contributed by atoms with Gasteiger partial charge in [-0.3, -0.25) is 4.79 Å². The lowest BCUT2D eigenvalue weighted by Crippen LogP contribution is -2.47. The molecule has 9 nitrogen and oxygen atoms in total. The summed E-state index contributed by atoms with van der Waals surface area (Å²) in [7, 11) is -1.82. The molecule has 0 N–H and O–H groups in total. The smallest absolute Gasteiger partial charge is 0.410 e. The third-order valence-electron chi connectivity index (χ3n) is 6.98. The number of ether oxygens (including phenoxy) is 3. The van der Waals surface area contributed by atoms with Gasteiger partial charge in [-0.15, -0.1) is 11.3 Å². The van der Waals surface area contributed by atoms with Crippen LogP contribution >= 0.6 is 11.3 Å². The summed E-state index contributed by atoms with van der Waals surface area (Å²) >= 11 is 1.08. The number of likely N-dealkylation sites (tertiary alicyclic amines) is 1. The van der Waals surface area contributed by atoms with E-state index in [0.29, 0.717) is 55.1 Å². The van der Waals surface area contributed by atoms with Gasteiger partial charge in [-0.05, 0) is 55.5 Å². The molecule has 2 saturated heterocycles. The summed E-state index contributed by atoms with van der Waals surface area (Å²) in [5.74, 6) is 1.29. The van der Waals surface area contributed by atoms with Crippen LogP contribution in [0.3, 0.4) is 0 Å². The van der Waals surface area contributed by atoms with Crippen molar-refractivity contribution in [1.82, 2.24) is 9.80 Å². The Balaban J connectivity index is 1.18. The van der Waals surface area contributed by atoms with Crippen LogP contribution in [0.1, 0.15) is 40.1 Å². The molecule has 1 aromatic carbocycles. The number of carbonyl (C=O) groups is 2. The van der Waals surface area contributed by atoms with E-state index in [4.69, 9.17) is 14.2 Å². The summed E-state index contributed by atoms with van der Waals surface area (Å²) in [6, 6.07) is 7.21. The summed E-state index contributed by atoms with van der Waals surface area (Å²) in [6.45, 7) is 1.69. The first-order chi connectivity index (χ1) is 17.7. The van der Waals surface area contributed by atoms with Gasteiger partial charge in [-0.25, -0.2) is 13.2 Å². The third-order valence-corrected chi connectivity index (χ3v) is 10.1. The van der Waals surface area contributed by atoms with Crippen LogP contribution in [0, 0.1) is 0 Å². The van der Waals surface area contributed by atoms with Gasteiger partial charge in [0.15, 0.2) is 15.9 Å². The van der Waals surface area contributed by atoms with Crippen LogP contribution in [0.25, 0.3) is 6.08 Å². The van der Waals surface area contributed by atoms with Gasteiger partial charge in [0.05, 0.1) is 18.5 Å². The van der Waals surface area contributed by atoms with Crippen LogP contribution in [0.2, 0.25) is 0 Å². The maximum absolute atomic E-state index is 13.4. The number of fused-ring (bicyclic) bond motifs is 1. The molecule has 0 spiro atoms. The molecule has 0 saturated carbocycles. The van der Waals surface area contributed by atoms with Gasteiger partial charge in [-0.2, -0.15) is 0 Å². The van der Waals surface area contributed by atoms with Crippen LogP contribution in [0.4, 0.5) is 4.79 Å². The number of sulfone groups is 1. The second-order valence-electron chi connectivity index (χ2n) is 9.49. The summed E-state index contributed by atoms with van der Waals surface area (Å²) < 4.78 is 41.3. The van der Waals surface area contributed by atoms with Crippen molar-refractivity contribution < 1.29 is 32.2 Å². The minimum Gasteiger partial charge on any atom is -0.497 e. The molecule has 3 heterocycles. The normalized spacial score (nSPS) is 20.1. The predicted octanol–water partition coefficient (Wildman–Crippen LogP) is 3.62. The van der Waals surface area contributed by atoms with Crippen LogP contribution < -0.4 is 9.47 Å². The molecule has 2 fully saturated rings. The highest BCUT2D eigenvalue weighted by molar-refractivity contribution is 7.92. The van der Waals surface area contributed by atoms with E-state index in [1.165, 1.54) is 6.26 Å². The molecule has 11 heteroatoms. The van der Waals surface area contributed by atoms with E-state index < -0.39 is 9.84 Å². The van der Waals surface area contributed by atoms with E-state index in [9.17, 15) is 18.0 Å². The zero-order valence-corrected chi connectivity index (χ0v) is 22.5. The van der Waals surface area contributed by atoms with E-state index in [2.05, 4.69) is 0 Å². The quantitative estimate of drug-likeness (QED) is 0.523. The molecular formula is C26H30N2O7S2. The van der Waals surface area contributed by atoms with Crippen LogP contribution in [-0.2, 0) is 21.0 Å². The first-order valence-electron chi connectivity index (χ1n) is 12.3. The standard InChI is InChI=1S/C26H30N2O7S2/c1-33-18-7-9-19(10-8-18)34-16-20-15-28(26(30)35-20)17-11-13-27(14-12-17)24(29)23-21-5-3-4-6-22(21)25(36-23)37(2,31)32/h4,6-10,17,20H,3,5,11-16H2,1-2H3. The topological polar surface area (TPSA) is 102 Å². The lowest BCUT2D eigenvalue weighted by molar-refractivity contribution is 0.0662. The van der Waals surface area contributed by atoms with E-state index in [-0.39, 0.29) is 35.0 Å². The monoisotopic (exact) mass is 546 g/mol. The minimum atomic E-state index is -3.42. The summed E-state index contributed by atoms with van der Waals surface area (Å²) in [4.78, 5) is 30.0. The number of nitrogens with zero attached hydrogens (tertiary/aromatic N) is 2. The van der Waals surface area contributed by atoms with Crippen LogP contribution in [-0.4, -0.2) is 82.0 Å². The number of hydrogen-bond donors (Lipinski definition) is 0. The van der Waals surface area contributed by atoms with Gasteiger partial charge in [0.25, 0.3) is 5.91 Å². The van der Waals surface area contributed by atoms with Gasteiger partial charge in [0.1, 0.15) is 22.3 Å². The van der Waals surface area contributed by atoms with E-state index in [1.54, 1.807) is 29.0 Å². The Bertz CT molecular complexity index is 1310. The fourth-order valence-electron chi connectivity index (χ4n) is 5.06. The highest BCUT2D eigenvalue weighted by Gasteiger charge is 2.39. The summed E-state index contributed by atoms with van der Waals surface area (Å²) in [5.41, 5.74) is 1.50. The zero-order valence-electron chi connectivity index (χ0n) is 20.8. The number of cyclic esters (lactones) is 1. The Morgan fingerprint density at radius 1 is 1.16 bits per heavy atom. The van der Waals surface area contributed by atoms with Crippen molar-refractivity contribution in [2.24, 2.45) is 0 Å². The van der Waals surface area contributed by atoms with Crippen LogP contribution in [0.5, 0.6) is 11.5 Å². The molecule has 1 unspecified atom stereocenters. The SMILES string of the molecule is COc1ccc(OCC2CN(C3CCN(C(=O)c4sc(S(C)(=O)=O)c5c4CCC=C5)CC3)C(=O)O2)cc1. The first-order valence-corrected chi connectivity index (χ1v) is 15.0. The molecule has 1 aliphatic carbocycles. The average molecular weight is 547 g/mol. The number of methoxy groups -OCH3 is 1. The molecule has 1 aromatic heterocycles. The third kappa shape index (κ3) is 5.33. The number of carbonyl (C=O) groups excluding carboxylic acids is 2. The number of amides is 2. The molecule has 0 radical (unpaired) electrons. The van der Waals surface area contributed by atoms with E-state index in [0.717, 1.165) is 29.1 Å². The van der Waals surface area contributed by atoms with Crippen molar-refractivity contribution in [3.63, 3.8) is 0 Å². The van der Waals surface area contributed by atoms with Gasteiger partial charge >= 0.3 is 6.09 Å². The maximum atomic E-state index is 13.4. The summed E-state index contributed by atoms with van der Waals surface area (Å²) in [6.07, 6.45) is 6.96. The van der Waals surface area contributed by atoms with Crippen molar-refractivity contribution >= 4 is 39.3 Å². The Morgan fingerprint density at radius 2 is 1.86 bits per heavy atom. The molecule has 2 aliphatic heterocycles. The molecule has 5 rings (SSSR count). The van der Waals surface area contributed by atoms with Crippen molar-refractivity contribution in [2.75, 3.05) is 39.6 Å². The highest BCUT2D eigenvalue weighted by Crippen LogP contribution is 2.38. The molecule has 3 aliphatic rings. The van der Waals surface area contributed by atoms with Gasteiger partial charge in [0, 0.05) is 31.0 Å².